The number of aryl methyl sites for hydroxylation is 1. The molecule has 96 valence electrons. The summed E-state index contributed by atoms with van der Waals surface area (Å²) < 4.78 is 27.8. The molecular formula is C12H19NO3S. The van der Waals surface area contributed by atoms with E-state index < -0.39 is 10.0 Å². The lowest BCUT2D eigenvalue weighted by atomic mass is 10.1. The second kappa shape index (κ2) is 6.02. The summed E-state index contributed by atoms with van der Waals surface area (Å²) in [6, 6.07) is 5.13. The molecule has 0 heterocycles. The number of methoxy groups -OCH3 is 1. The average molecular weight is 257 g/mol. The first-order valence-electron chi connectivity index (χ1n) is 5.68. The Labute approximate surface area is 103 Å². The van der Waals surface area contributed by atoms with Crippen LogP contribution in [-0.2, 0) is 16.4 Å². The van der Waals surface area contributed by atoms with Crippen LogP contribution in [-0.4, -0.2) is 15.5 Å². The van der Waals surface area contributed by atoms with Crippen molar-refractivity contribution in [3.63, 3.8) is 0 Å². The average Bonchev–Trinajstić information content (AvgIpc) is 2.28. The molecule has 4 nitrogen and oxygen atoms in total. The Hall–Kier alpha value is -1.07. The normalized spacial score (nSPS) is 11.5. The Morgan fingerprint density at radius 1 is 1.29 bits per heavy atom. The van der Waals surface area contributed by atoms with Gasteiger partial charge in [0, 0.05) is 0 Å². The Kier molecular flexibility index (Phi) is 4.96. The van der Waals surface area contributed by atoms with Gasteiger partial charge in [-0.1, -0.05) is 25.8 Å². The van der Waals surface area contributed by atoms with E-state index in [2.05, 4.69) is 6.92 Å². The van der Waals surface area contributed by atoms with Crippen molar-refractivity contribution in [2.24, 2.45) is 5.14 Å². The lowest BCUT2D eigenvalue weighted by Crippen LogP contribution is -2.13. The highest BCUT2D eigenvalue weighted by atomic mass is 32.2. The molecule has 0 unspecified atom stereocenters. The van der Waals surface area contributed by atoms with E-state index in [0.717, 1.165) is 31.2 Å². The molecule has 0 aliphatic heterocycles. The number of nitrogens with two attached hydrogens (primary N) is 1. The van der Waals surface area contributed by atoms with E-state index in [-0.39, 0.29) is 4.90 Å². The lowest BCUT2D eigenvalue weighted by Gasteiger charge is -2.09. The molecule has 17 heavy (non-hydrogen) atoms. The minimum Gasteiger partial charge on any atom is -0.495 e. The van der Waals surface area contributed by atoms with Crippen LogP contribution >= 0.6 is 0 Å². The minimum absolute atomic E-state index is 0.0639. The number of hydrogen-bond acceptors (Lipinski definition) is 3. The van der Waals surface area contributed by atoms with Crippen LogP contribution in [0.25, 0.3) is 0 Å². The number of rotatable bonds is 6. The van der Waals surface area contributed by atoms with Gasteiger partial charge in [-0.25, -0.2) is 13.6 Å². The molecule has 1 rings (SSSR count). The molecule has 0 aliphatic rings. The summed E-state index contributed by atoms with van der Waals surface area (Å²) in [6.45, 7) is 2.13. The Morgan fingerprint density at radius 3 is 2.53 bits per heavy atom. The van der Waals surface area contributed by atoms with Gasteiger partial charge in [0.05, 0.1) is 7.11 Å². The van der Waals surface area contributed by atoms with E-state index in [4.69, 9.17) is 9.88 Å². The van der Waals surface area contributed by atoms with Crippen molar-refractivity contribution in [2.75, 3.05) is 7.11 Å². The number of sulfonamides is 1. The zero-order chi connectivity index (χ0) is 12.9. The Morgan fingerprint density at radius 2 is 2.00 bits per heavy atom. The van der Waals surface area contributed by atoms with Crippen LogP contribution in [0.5, 0.6) is 5.75 Å². The molecule has 0 radical (unpaired) electrons. The predicted molar refractivity (Wildman–Crippen MR) is 67.6 cm³/mol. The zero-order valence-corrected chi connectivity index (χ0v) is 11.1. The molecule has 0 aliphatic carbocycles. The molecule has 0 saturated carbocycles. The zero-order valence-electron chi connectivity index (χ0n) is 10.3. The topological polar surface area (TPSA) is 69.4 Å². The maximum atomic E-state index is 11.4. The molecule has 1 aromatic rings. The predicted octanol–water partition coefficient (Wildman–Crippen LogP) is 2.08. The van der Waals surface area contributed by atoms with Crippen LogP contribution in [0.15, 0.2) is 23.1 Å². The van der Waals surface area contributed by atoms with Crippen molar-refractivity contribution in [1.82, 2.24) is 0 Å². The fourth-order valence-electron chi connectivity index (χ4n) is 1.68. The SMILES string of the molecule is CCCCCc1ccc(OC)c(S(N)(=O)=O)c1. The summed E-state index contributed by atoms with van der Waals surface area (Å²) >= 11 is 0. The summed E-state index contributed by atoms with van der Waals surface area (Å²) in [7, 11) is -2.29. The quantitative estimate of drug-likeness (QED) is 0.793. The summed E-state index contributed by atoms with van der Waals surface area (Å²) in [4.78, 5) is 0.0639. The molecule has 0 aromatic heterocycles. The van der Waals surface area contributed by atoms with E-state index in [1.165, 1.54) is 7.11 Å². The number of ether oxygens (including phenoxy) is 1. The van der Waals surface area contributed by atoms with Crippen molar-refractivity contribution >= 4 is 10.0 Å². The maximum Gasteiger partial charge on any atom is 0.241 e. The molecule has 0 amide bonds. The second-order valence-corrected chi connectivity index (χ2v) is 5.52. The lowest BCUT2D eigenvalue weighted by molar-refractivity contribution is 0.402. The third kappa shape index (κ3) is 4.02. The summed E-state index contributed by atoms with van der Waals surface area (Å²) in [5.41, 5.74) is 0.975. The summed E-state index contributed by atoms with van der Waals surface area (Å²) in [5.74, 6) is 0.298. The fourth-order valence-corrected chi connectivity index (χ4v) is 2.43. The van der Waals surface area contributed by atoms with Gasteiger partial charge in [-0.2, -0.15) is 0 Å². The van der Waals surface area contributed by atoms with E-state index in [0.29, 0.717) is 5.75 Å². The minimum atomic E-state index is -3.72. The Balaban J connectivity index is 2.97. The molecule has 0 bridgehead atoms. The van der Waals surface area contributed by atoms with Crippen LogP contribution in [0.4, 0.5) is 0 Å². The highest BCUT2D eigenvalue weighted by molar-refractivity contribution is 7.89. The van der Waals surface area contributed by atoms with Crippen molar-refractivity contribution in [1.29, 1.82) is 0 Å². The molecule has 0 saturated heterocycles. The van der Waals surface area contributed by atoms with Gasteiger partial charge < -0.3 is 4.74 Å². The van der Waals surface area contributed by atoms with E-state index >= 15 is 0 Å². The molecule has 5 heteroatoms. The number of hydrogen-bond donors (Lipinski definition) is 1. The largest absolute Gasteiger partial charge is 0.495 e. The number of unbranched alkanes of at least 4 members (excludes halogenated alkanes) is 2. The number of benzene rings is 1. The molecule has 0 spiro atoms. The summed E-state index contributed by atoms with van der Waals surface area (Å²) in [5, 5.41) is 5.15. The Bertz CT molecular complexity index is 469. The van der Waals surface area contributed by atoms with Crippen LogP contribution in [0.3, 0.4) is 0 Å². The van der Waals surface area contributed by atoms with Gasteiger partial charge in [0.2, 0.25) is 10.0 Å². The van der Waals surface area contributed by atoms with E-state index in [1.54, 1.807) is 12.1 Å². The van der Waals surface area contributed by atoms with Crippen LogP contribution in [0, 0.1) is 0 Å². The van der Waals surface area contributed by atoms with Gasteiger partial charge in [-0.3, -0.25) is 0 Å². The van der Waals surface area contributed by atoms with E-state index in [1.807, 2.05) is 6.07 Å². The first-order chi connectivity index (χ1) is 7.99. The molecular weight excluding hydrogens is 238 g/mol. The fraction of sp³-hybridized carbons (Fsp3) is 0.500. The van der Waals surface area contributed by atoms with Gasteiger partial charge >= 0.3 is 0 Å². The van der Waals surface area contributed by atoms with Crippen LogP contribution in [0.1, 0.15) is 31.7 Å². The van der Waals surface area contributed by atoms with Crippen molar-refractivity contribution in [3.8, 4) is 5.75 Å². The third-order valence-corrected chi connectivity index (χ3v) is 3.54. The second-order valence-electron chi connectivity index (χ2n) is 3.99. The number of primary sulfonamides is 1. The highest BCUT2D eigenvalue weighted by Crippen LogP contribution is 2.24. The third-order valence-electron chi connectivity index (χ3n) is 2.60. The van der Waals surface area contributed by atoms with Gasteiger partial charge in [-0.05, 0) is 30.5 Å². The maximum absolute atomic E-state index is 11.4. The van der Waals surface area contributed by atoms with Gasteiger partial charge in [0.25, 0.3) is 0 Å². The first-order valence-corrected chi connectivity index (χ1v) is 7.23. The molecule has 2 N–H and O–H groups in total. The highest BCUT2D eigenvalue weighted by Gasteiger charge is 2.15. The van der Waals surface area contributed by atoms with Gasteiger partial charge in [0.1, 0.15) is 10.6 Å². The van der Waals surface area contributed by atoms with Crippen molar-refractivity contribution in [2.45, 2.75) is 37.5 Å². The van der Waals surface area contributed by atoms with Gasteiger partial charge in [-0.15, -0.1) is 0 Å². The van der Waals surface area contributed by atoms with Crippen LogP contribution < -0.4 is 9.88 Å². The summed E-state index contributed by atoms with van der Waals surface area (Å²) in [6.07, 6.45) is 4.18. The molecule has 0 atom stereocenters. The van der Waals surface area contributed by atoms with Crippen LogP contribution in [0.2, 0.25) is 0 Å². The smallest absolute Gasteiger partial charge is 0.241 e. The first kappa shape index (κ1) is 14.0. The standard InChI is InChI=1S/C12H19NO3S/c1-3-4-5-6-10-7-8-11(16-2)12(9-10)17(13,14)15/h7-9H,3-6H2,1-2H3,(H2,13,14,15). The van der Waals surface area contributed by atoms with Crippen molar-refractivity contribution in [3.05, 3.63) is 23.8 Å². The monoisotopic (exact) mass is 257 g/mol. The van der Waals surface area contributed by atoms with Gasteiger partial charge in [0.15, 0.2) is 0 Å². The molecule has 0 fully saturated rings. The van der Waals surface area contributed by atoms with Crippen molar-refractivity contribution < 1.29 is 13.2 Å². The molecule has 1 aromatic carbocycles. The van der Waals surface area contributed by atoms with E-state index in [9.17, 15) is 8.42 Å².